The number of hydrogen-bond donors (Lipinski definition) is 1. The summed E-state index contributed by atoms with van der Waals surface area (Å²) < 4.78 is 13.6. The zero-order valence-electron chi connectivity index (χ0n) is 22.0. The van der Waals surface area contributed by atoms with Gasteiger partial charge in [0.25, 0.3) is 0 Å². The Hall–Kier alpha value is -3.57. The molecule has 3 aliphatic rings. The van der Waals surface area contributed by atoms with E-state index >= 15 is 0 Å². The number of aliphatic hydroxyl groups is 1. The van der Waals surface area contributed by atoms with Crippen molar-refractivity contribution in [2.75, 3.05) is 26.3 Å². The van der Waals surface area contributed by atoms with Crippen molar-refractivity contribution in [1.29, 1.82) is 0 Å². The van der Waals surface area contributed by atoms with Crippen LogP contribution in [0.3, 0.4) is 0 Å². The van der Waals surface area contributed by atoms with E-state index in [9.17, 15) is 19.5 Å². The van der Waals surface area contributed by atoms with Crippen LogP contribution >= 0.6 is 0 Å². The predicted molar refractivity (Wildman–Crippen MR) is 141 cm³/mol. The van der Waals surface area contributed by atoms with Crippen molar-refractivity contribution in [3.8, 4) is 0 Å². The maximum Gasteiger partial charge on any atom is 0.312 e. The zero-order chi connectivity index (χ0) is 27.6. The van der Waals surface area contributed by atoms with Crippen LogP contribution in [0.1, 0.15) is 32.1 Å². The van der Waals surface area contributed by atoms with Gasteiger partial charge in [0, 0.05) is 19.7 Å². The maximum absolute atomic E-state index is 14.4. The normalized spacial score (nSPS) is 27.1. The van der Waals surface area contributed by atoms with Gasteiger partial charge in [0.05, 0.1) is 30.1 Å². The molecule has 1 N–H and O–H groups in total. The number of nitrogens with zero attached hydrogens (tertiary/aromatic N) is 5. The highest BCUT2D eigenvalue weighted by atomic mass is 16.6. The largest absolute Gasteiger partial charge is 0.465 e. The molecule has 2 unspecified atom stereocenters. The lowest BCUT2D eigenvalue weighted by atomic mass is 9.70. The van der Waals surface area contributed by atoms with E-state index in [0.29, 0.717) is 37.6 Å². The molecular weight excluding hydrogens is 502 g/mol. The van der Waals surface area contributed by atoms with Crippen molar-refractivity contribution >= 4 is 28.8 Å². The summed E-state index contributed by atoms with van der Waals surface area (Å²) in [5.41, 5.74) is 0.363. The number of para-hydroxylation sites is 1. The van der Waals surface area contributed by atoms with Gasteiger partial charge < -0.3 is 24.4 Å². The summed E-state index contributed by atoms with van der Waals surface area (Å²) in [6.07, 6.45) is 5.39. The van der Waals surface area contributed by atoms with Crippen molar-refractivity contribution in [1.82, 2.24) is 24.8 Å². The number of ether oxygens (including phenoxy) is 2. The number of unbranched alkanes of at least 4 members (excludes halogenated alkanes) is 1. The second-order valence-electron chi connectivity index (χ2n) is 10.3. The number of hydrogen-bond acceptors (Lipinski definition) is 8. The molecule has 208 valence electrons. The average Bonchev–Trinajstić information content (AvgIpc) is 3.68. The second kappa shape index (κ2) is 11.3. The SMILES string of the molecule is C=CCCOC(=O)[C@@H]1[C@H]2C(=O)N(CCCCO)C(C(=O)N(CC=C)Cn3nnc4ccccc43)C23CC[C@H]1O3. The Morgan fingerprint density at radius 1 is 1.26 bits per heavy atom. The molecule has 2 bridgehead atoms. The first kappa shape index (κ1) is 27.0. The summed E-state index contributed by atoms with van der Waals surface area (Å²) in [6, 6.07) is 6.56. The van der Waals surface area contributed by atoms with E-state index in [1.165, 1.54) is 0 Å². The summed E-state index contributed by atoms with van der Waals surface area (Å²) in [6.45, 7) is 8.25. The fraction of sp³-hybridized carbons (Fsp3) is 0.536. The number of carbonyl (C=O) groups excluding carboxylic acids is 3. The van der Waals surface area contributed by atoms with Crippen molar-refractivity contribution in [3.63, 3.8) is 0 Å². The standard InChI is InChI=1S/C28H35N5O6/c1-3-5-17-38-27(37)22-21-12-13-28(39-21)23(22)25(35)32(15-8-9-16-34)24(28)26(36)31(14-4-2)18-33-20-11-7-6-10-19(20)29-30-33/h3-4,6-7,10-11,21-24,34H,1-2,5,8-9,12-18H2/t21-,22+,23+,24?,28?/m1/s1. The minimum absolute atomic E-state index is 0.0198. The molecule has 3 saturated heterocycles. The van der Waals surface area contributed by atoms with Crippen LogP contribution in [-0.2, 0) is 30.5 Å². The molecule has 2 amide bonds. The van der Waals surface area contributed by atoms with E-state index in [2.05, 4.69) is 23.5 Å². The molecule has 1 aromatic carbocycles. The van der Waals surface area contributed by atoms with Gasteiger partial charge in [-0.05, 0) is 44.2 Å². The van der Waals surface area contributed by atoms with Gasteiger partial charge in [-0.2, -0.15) is 0 Å². The van der Waals surface area contributed by atoms with E-state index in [1.807, 2.05) is 24.3 Å². The molecular formula is C28H35N5O6. The fourth-order valence-corrected chi connectivity index (χ4v) is 6.40. The Bertz CT molecular complexity index is 1260. The topological polar surface area (TPSA) is 127 Å². The van der Waals surface area contributed by atoms with Crippen molar-refractivity contribution in [2.24, 2.45) is 11.8 Å². The maximum atomic E-state index is 14.4. The number of amides is 2. The monoisotopic (exact) mass is 537 g/mol. The average molecular weight is 538 g/mol. The molecule has 0 saturated carbocycles. The summed E-state index contributed by atoms with van der Waals surface area (Å²) in [4.78, 5) is 44.6. The van der Waals surface area contributed by atoms with E-state index in [4.69, 9.17) is 9.47 Å². The van der Waals surface area contributed by atoms with Crippen LogP contribution in [-0.4, -0.2) is 91.7 Å². The van der Waals surface area contributed by atoms with Gasteiger partial charge in [0.1, 0.15) is 23.8 Å². The highest BCUT2D eigenvalue weighted by molar-refractivity contribution is 5.98. The van der Waals surface area contributed by atoms with Crippen LogP contribution in [0, 0.1) is 11.8 Å². The van der Waals surface area contributed by atoms with Crippen molar-refractivity contribution in [3.05, 3.63) is 49.6 Å². The molecule has 5 atom stereocenters. The highest BCUT2D eigenvalue weighted by Gasteiger charge is 2.75. The van der Waals surface area contributed by atoms with E-state index in [0.717, 1.165) is 5.52 Å². The van der Waals surface area contributed by atoms with Crippen LogP contribution < -0.4 is 0 Å². The number of benzene rings is 1. The van der Waals surface area contributed by atoms with Gasteiger partial charge in [-0.25, -0.2) is 4.68 Å². The molecule has 1 aromatic heterocycles. The van der Waals surface area contributed by atoms with Gasteiger partial charge >= 0.3 is 5.97 Å². The number of aliphatic hydroxyl groups excluding tert-OH is 1. The van der Waals surface area contributed by atoms with Crippen molar-refractivity contribution in [2.45, 2.75) is 56.5 Å². The second-order valence-corrected chi connectivity index (χ2v) is 10.3. The summed E-state index contributed by atoms with van der Waals surface area (Å²) >= 11 is 0. The molecule has 3 fully saturated rings. The predicted octanol–water partition coefficient (Wildman–Crippen LogP) is 1.67. The highest BCUT2D eigenvalue weighted by Crippen LogP contribution is 2.58. The first-order valence-corrected chi connectivity index (χ1v) is 13.5. The Morgan fingerprint density at radius 2 is 2.08 bits per heavy atom. The molecule has 39 heavy (non-hydrogen) atoms. The van der Waals surface area contributed by atoms with Crippen LogP contribution in [0.2, 0.25) is 0 Å². The Morgan fingerprint density at radius 3 is 2.85 bits per heavy atom. The Kier molecular flexibility index (Phi) is 7.81. The van der Waals surface area contributed by atoms with Gasteiger partial charge in [0.15, 0.2) is 0 Å². The van der Waals surface area contributed by atoms with Gasteiger partial charge in [-0.1, -0.05) is 29.5 Å². The summed E-state index contributed by atoms with van der Waals surface area (Å²) in [5.74, 6) is -2.60. The molecule has 0 aliphatic carbocycles. The number of aromatic nitrogens is 3. The molecule has 4 heterocycles. The first-order chi connectivity index (χ1) is 19.0. The third-order valence-corrected chi connectivity index (χ3v) is 8.07. The summed E-state index contributed by atoms with van der Waals surface area (Å²) in [7, 11) is 0. The Balaban J connectivity index is 1.47. The number of likely N-dealkylation sites (tertiary alicyclic amines) is 1. The quantitative estimate of drug-likeness (QED) is 0.232. The van der Waals surface area contributed by atoms with Crippen LogP contribution in [0.4, 0.5) is 0 Å². The third-order valence-electron chi connectivity index (χ3n) is 8.07. The van der Waals surface area contributed by atoms with Gasteiger partial charge in [0.2, 0.25) is 11.8 Å². The summed E-state index contributed by atoms with van der Waals surface area (Å²) in [5, 5.41) is 17.8. The number of carbonyl (C=O) groups is 3. The molecule has 11 nitrogen and oxygen atoms in total. The van der Waals surface area contributed by atoms with Gasteiger partial charge in [-0.3, -0.25) is 14.4 Å². The minimum Gasteiger partial charge on any atom is -0.465 e. The van der Waals surface area contributed by atoms with E-state index < -0.39 is 35.6 Å². The molecule has 2 aromatic rings. The minimum atomic E-state index is -1.12. The van der Waals surface area contributed by atoms with Crippen LogP contribution in [0.15, 0.2) is 49.6 Å². The van der Waals surface area contributed by atoms with E-state index in [-0.39, 0.29) is 44.8 Å². The molecule has 5 rings (SSSR count). The number of esters is 1. The molecule has 0 radical (unpaired) electrons. The smallest absolute Gasteiger partial charge is 0.312 e. The number of rotatable bonds is 13. The first-order valence-electron chi connectivity index (χ1n) is 13.5. The lowest BCUT2D eigenvalue weighted by Gasteiger charge is -2.36. The zero-order valence-corrected chi connectivity index (χ0v) is 22.0. The number of fused-ring (bicyclic) bond motifs is 2. The fourth-order valence-electron chi connectivity index (χ4n) is 6.40. The lowest BCUT2D eigenvalue weighted by Crippen LogP contribution is -2.56. The van der Waals surface area contributed by atoms with Crippen LogP contribution in [0.25, 0.3) is 11.0 Å². The van der Waals surface area contributed by atoms with Gasteiger partial charge in [-0.15, -0.1) is 18.3 Å². The molecule has 3 aliphatic heterocycles. The third kappa shape index (κ3) is 4.63. The van der Waals surface area contributed by atoms with Crippen molar-refractivity contribution < 1.29 is 29.0 Å². The Labute approximate surface area is 227 Å². The molecule has 1 spiro atoms. The van der Waals surface area contributed by atoms with E-state index in [1.54, 1.807) is 26.6 Å². The molecule has 11 heteroatoms. The lowest BCUT2D eigenvalue weighted by molar-refractivity contribution is -0.155. The van der Waals surface area contributed by atoms with Crippen LogP contribution in [0.5, 0.6) is 0 Å².